The number of amides is 1. The molecule has 0 aromatic heterocycles. The fourth-order valence-electron chi connectivity index (χ4n) is 1.61. The van der Waals surface area contributed by atoms with Crippen LogP contribution in [-0.4, -0.2) is 18.5 Å². The van der Waals surface area contributed by atoms with Crippen molar-refractivity contribution in [1.29, 1.82) is 0 Å². The zero-order chi connectivity index (χ0) is 16.1. The van der Waals surface area contributed by atoms with Gasteiger partial charge in [0.1, 0.15) is 5.82 Å². The summed E-state index contributed by atoms with van der Waals surface area (Å²) in [6.07, 6.45) is 0. The Kier molecular flexibility index (Phi) is 4.77. The fourth-order valence-corrected chi connectivity index (χ4v) is 1.61. The van der Waals surface area contributed by atoms with Gasteiger partial charge in [-0.1, -0.05) is 12.1 Å². The van der Waals surface area contributed by atoms with Gasteiger partial charge in [0.15, 0.2) is 18.2 Å². The molecule has 0 unspecified atom stereocenters. The molecule has 0 aliphatic rings. The lowest BCUT2D eigenvalue weighted by Gasteiger charge is -2.07. The SMILES string of the molecule is O=C(COC(=O)c1ccccc1F)Nc1ccc(F)c(F)c1. The van der Waals surface area contributed by atoms with Crippen LogP contribution >= 0.6 is 0 Å². The summed E-state index contributed by atoms with van der Waals surface area (Å²) >= 11 is 0. The van der Waals surface area contributed by atoms with Crippen molar-refractivity contribution < 1.29 is 27.5 Å². The summed E-state index contributed by atoms with van der Waals surface area (Å²) < 4.78 is 43.6. The van der Waals surface area contributed by atoms with Crippen molar-refractivity contribution in [2.24, 2.45) is 0 Å². The van der Waals surface area contributed by atoms with Crippen LogP contribution < -0.4 is 5.32 Å². The largest absolute Gasteiger partial charge is 0.452 e. The number of ether oxygens (including phenoxy) is 1. The molecule has 0 saturated carbocycles. The summed E-state index contributed by atoms with van der Waals surface area (Å²) in [6, 6.07) is 7.92. The Labute approximate surface area is 123 Å². The number of carbonyl (C=O) groups excluding carboxylic acids is 2. The van der Waals surface area contributed by atoms with E-state index in [-0.39, 0.29) is 11.3 Å². The molecule has 0 bridgehead atoms. The van der Waals surface area contributed by atoms with E-state index in [0.29, 0.717) is 0 Å². The third kappa shape index (κ3) is 3.85. The molecule has 2 rings (SSSR count). The minimum absolute atomic E-state index is 0.00541. The van der Waals surface area contributed by atoms with E-state index < -0.39 is 35.9 Å². The predicted molar refractivity (Wildman–Crippen MR) is 71.7 cm³/mol. The third-order valence-electron chi connectivity index (χ3n) is 2.63. The Balaban J connectivity index is 1.91. The Morgan fingerprint density at radius 1 is 0.955 bits per heavy atom. The predicted octanol–water partition coefficient (Wildman–Crippen LogP) is 2.90. The van der Waals surface area contributed by atoms with Crippen LogP contribution in [-0.2, 0) is 9.53 Å². The van der Waals surface area contributed by atoms with E-state index in [1.165, 1.54) is 18.2 Å². The van der Waals surface area contributed by atoms with Crippen LogP contribution in [0, 0.1) is 17.5 Å². The first-order valence-corrected chi connectivity index (χ1v) is 6.14. The molecule has 1 N–H and O–H groups in total. The van der Waals surface area contributed by atoms with E-state index in [4.69, 9.17) is 0 Å². The highest BCUT2D eigenvalue weighted by atomic mass is 19.2. The van der Waals surface area contributed by atoms with Crippen molar-refractivity contribution in [3.63, 3.8) is 0 Å². The van der Waals surface area contributed by atoms with Crippen LogP contribution in [0.1, 0.15) is 10.4 Å². The first-order chi connectivity index (χ1) is 10.5. The summed E-state index contributed by atoms with van der Waals surface area (Å²) in [5.41, 5.74) is -0.297. The van der Waals surface area contributed by atoms with Gasteiger partial charge in [0.05, 0.1) is 5.56 Å². The van der Waals surface area contributed by atoms with Crippen LogP contribution in [0.5, 0.6) is 0 Å². The topological polar surface area (TPSA) is 55.4 Å². The number of halogens is 3. The smallest absolute Gasteiger partial charge is 0.341 e. The summed E-state index contributed by atoms with van der Waals surface area (Å²) in [5.74, 6) is -4.71. The Morgan fingerprint density at radius 3 is 2.36 bits per heavy atom. The summed E-state index contributed by atoms with van der Waals surface area (Å²) in [5, 5.41) is 2.21. The maximum atomic E-state index is 13.3. The van der Waals surface area contributed by atoms with E-state index in [1.54, 1.807) is 0 Å². The van der Waals surface area contributed by atoms with Crippen molar-refractivity contribution in [3.05, 3.63) is 65.5 Å². The number of esters is 1. The highest BCUT2D eigenvalue weighted by Gasteiger charge is 2.14. The Hall–Kier alpha value is -2.83. The lowest BCUT2D eigenvalue weighted by Crippen LogP contribution is -2.21. The quantitative estimate of drug-likeness (QED) is 0.884. The molecular weight excluding hydrogens is 299 g/mol. The molecule has 0 aliphatic heterocycles. The van der Waals surface area contributed by atoms with Gasteiger partial charge in [-0.25, -0.2) is 18.0 Å². The van der Waals surface area contributed by atoms with Gasteiger partial charge in [0.25, 0.3) is 5.91 Å². The molecule has 4 nitrogen and oxygen atoms in total. The Morgan fingerprint density at radius 2 is 1.68 bits per heavy atom. The molecule has 0 fully saturated rings. The first kappa shape index (κ1) is 15.6. The molecular formula is C15H10F3NO3. The molecule has 0 radical (unpaired) electrons. The monoisotopic (exact) mass is 309 g/mol. The zero-order valence-corrected chi connectivity index (χ0v) is 11.1. The van der Waals surface area contributed by atoms with Gasteiger partial charge < -0.3 is 10.1 Å². The van der Waals surface area contributed by atoms with Gasteiger partial charge in [-0.3, -0.25) is 4.79 Å². The third-order valence-corrected chi connectivity index (χ3v) is 2.63. The van der Waals surface area contributed by atoms with Gasteiger partial charge in [-0.05, 0) is 24.3 Å². The molecule has 7 heteroatoms. The summed E-state index contributed by atoms with van der Waals surface area (Å²) in [6.45, 7) is -0.688. The summed E-state index contributed by atoms with van der Waals surface area (Å²) in [4.78, 5) is 23.1. The van der Waals surface area contributed by atoms with Crippen LogP contribution in [0.3, 0.4) is 0 Å². The van der Waals surface area contributed by atoms with Crippen molar-refractivity contribution in [3.8, 4) is 0 Å². The normalized spacial score (nSPS) is 10.1. The van der Waals surface area contributed by atoms with Gasteiger partial charge in [-0.15, -0.1) is 0 Å². The van der Waals surface area contributed by atoms with Gasteiger partial charge in [0.2, 0.25) is 0 Å². The molecule has 1 amide bonds. The van der Waals surface area contributed by atoms with Crippen LogP contribution in [0.2, 0.25) is 0 Å². The lowest BCUT2D eigenvalue weighted by molar-refractivity contribution is -0.119. The second-order valence-electron chi connectivity index (χ2n) is 4.23. The van der Waals surface area contributed by atoms with Crippen molar-refractivity contribution in [2.45, 2.75) is 0 Å². The van der Waals surface area contributed by atoms with Crippen LogP contribution in [0.15, 0.2) is 42.5 Å². The van der Waals surface area contributed by atoms with E-state index in [0.717, 1.165) is 24.3 Å². The molecule has 2 aromatic carbocycles. The number of anilines is 1. The average Bonchev–Trinajstić information content (AvgIpc) is 2.49. The Bertz CT molecular complexity index is 719. The van der Waals surface area contributed by atoms with Crippen LogP contribution in [0.4, 0.5) is 18.9 Å². The van der Waals surface area contributed by atoms with E-state index in [9.17, 15) is 22.8 Å². The molecule has 0 atom stereocenters. The van der Waals surface area contributed by atoms with Crippen molar-refractivity contribution >= 4 is 17.6 Å². The number of hydrogen-bond acceptors (Lipinski definition) is 3. The van der Waals surface area contributed by atoms with E-state index in [1.807, 2.05) is 0 Å². The lowest BCUT2D eigenvalue weighted by atomic mass is 10.2. The molecule has 0 heterocycles. The van der Waals surface area contributed by atoms with Gasteiger partial charge >= 0.3 is 5.97 Å². The first-order valence-electron chi connectivity index (χ1n) is 6.14. The maximum Gasteiger partial charge on any atom is 0.341 e. The molecule has 0 spiro atoms. The van der Waals surface area contributed by atoms with Crippen molar-refractivity contribution in [2.75, 3.05) is 11.9 Å². The number of hydrogen-bond donors (Lipinski definition) is 1. The number of benzene rings is 2. The molecule has 2 aromatic rings. The second-order valence-corrected chi connectivity index (χ2v) is 4.23. The van der Waals surface area contributed by atoms with Gasteiger partial charge in [0, 0.05) is 11.8 Å². The minimum Gasteiger partial charge on any atom is -0.452 e. The highest BCUT2D eigenvalue weighted by Crippen LogP contribution is 2.13. The number of rotatable bonds is 4. The summed E-state index contributed by atoms with van der Waals surface area (Å²) in [7, 11) is 0. The number of nitrogens with one attached hydrogen (secondary N) is 1. The fraction of sp³-hybridized carbons (Fsp3) is 0.0667. The van der Waals surface area contributed by atoms with Crippen LogP contribution in [0.25, 0.3) is 0 Å². The van der Waals surface area contributed by atoms with E-state index >= 15 is 0 Å². The standard InChI is InChI=1S/C15H10F3NO3/c16-11-4-2-1-3-10(11)15(21)22-8-14(20)19-9-5-6-12(17)13(18)7-9/h1-7H,8H2,(H,19,20). The number of carbonyl (C=O) groups is 2. The van der Waals surface area contributed by atoms with E-state index in [2.05, 4.69) is 10.1 Å². The molecule has 0 saturated heterocycles. The zero-order valence-electron chi connectivity index (χ0n) is 11.1. The molecule has 0 aliphatic carbocycles. The molecule has 22 heavy (non-hydrogen) atoms. The molecule has 114 valence electrons. The van der Waals surface area contributed by atoms with Gasteiger partial charge in [-0.2, -0.15) is 0 Å². The maximum absolute atomic E-state index is 13.3. The minimum atomic E-state index is -1.12. The van der Waals surface area contributed by atoms with Crippen molar-refractivity contribution in [1.82, 2.24) is 0 Å². The highest BCUT2D eigenvalue weighted by molar-refractivity contribution is 5.95. The average molecular weight is 309 g/mol. The second kappa shape index (κ2) is 6.75.